The van der Waals surface area contributed by atoms with Crippen molar-refractivity contribution in [3.05, 3.63) is 54.2 Å². The summed E-state index contributed by atoms with van der Waals surface area (Å²) >= 11 is 0. The summed E-state index contributed by atoms with van der Waals surface area (Å²) in [5.41, 5.74) is 0.189. The van der Waals surface area contributed by atoms with E-state index in [-0.39, 0.29) is 23.8 Å². The van der Waals surface area contributed by atoms with Crippen molar-refractivity contribution < 1.29 is 14.7 Å². The molecule has 1 heterocycles. The Morgan fingerprint density at radius 1 is 1.14 bits per heavy atom. The van der Waals surface area contributed by atoms with E-state index in [1.807, 2.05) is 37.2 Å². The topological polar surface area (TPSA) is 99.5 Å². The van der Waals surface area contributed by atoms with E-state index in [1.54, 1.807) is 24.4 Å². The minimum atomic E-state index is -0.463. The molecular weight excluding hydrogens is 358 g/mol. The molecule has 1 aromatic heterocycles. The highest BCUT2D eigenvalue weighted by Gasteiger charge is 2.16. The lowest BCUT2D eigenvalue weighted by Crippen LogP contribution is -2.33. The Labute approximate surface area is 162 Å². The molecule has 0 spiro atoms. The van der Waals surface area contributed by atoms with Gasteiger partial charge in [-0.15, -0.1) is 0 Å². The van der Waals surface area contributed by atoms with Crippen molar-refractivity contribution in [2.75, 3.05) is 32.5 Å². The van der Waals surface area contributed by atoms with Crippen LogP contribution in [0.25, 0.3) is 10.8 Å². The number of aromatic nitrogens is 2. The molecule has 8 heteroatoms. The number of anilines is 1. The third-order valence-electron chi connectivity index (χ3n) is 4.20. The third-order valence-corrected chi connectivity index (χ3v) is 4.20. The number of fused-ring (bicyclic) bond motifs is 1. The summed E-state index contributed by atoms with van der Waals surface area (Å²) in [5.74, 6) is -0.418. The van der Waals surface area contributed by atoms with Gasteiger partial charge in [0.1, 0.15) is 12.3 Å². The maximum absolute atomic E-state index is 12.7. The molecule has 0 aliphatic carbocycles. The number of nitrogens with one attached hydrogen (secondary N) is 2. The second kappa shape index (κ2) is 8.53. The van der Waals surface area contributed by atoms with Crippen LogP contribution in [0.15, 0.2) is 48.7 Å². The Morgan fingerprint density at radius 2 is 1.93 bits per heavy atom. The minimum Gasteiger partial charge on any atom is -0.507 e. The zero-order valence-electron chi connectivity index (χ0n) is 15.8. The van der Waals surface area contributed by atoms with Crippen molar-refractivity contribution in [2.45, 2.75) is 6.54 Å². The lowest BCUT2D eigenvalue weighted by molar-refractivity contribution is -0.121. The molecule has 3 N–H and O–H groups in total. The molecule has 0 atom stereocenters. The quantitative estimate of drug-likeness (QED) is 0.578. The monoisotopic (exact) mass is 381 g/mol. The summed E-state index contributed by atoms with van der Waals surface area (Å²) in [6.45, 7) is 1.36. The van der Waals surface area contributed by atoms with Gasteiger partial charge in [0.05, 0.1) is 5.56 Å². The average molecular weight is 381 g/mol. The largest absolute Gasteiger partial charge is 0.507 e. The fourth-order valence-electron chi connectivity index (χ4n) is 2.82. The Hall–Kier alpha value is -3.39. The SMILES string of the molecule is CN(C)CCNC(=O)Cn1ccc(NC(=O)c2c(O)ccc3ccccc23)n1. The number of carbonyl (C=O) groups is 2. The molecule has 0 fully saturated rings. The van der Waals surface area contributed by atoms with Crippen molar-refractivity contribution in [2.24, 2.45) is 0 Å². The van der Waals surface area contributed by atoms with Crippen LogP contribution in [-0.2, 0) is 11.3 Å². The second-order valence-electron chi connectivity index (χ2n) is 6.69. The van der Waals surface area contributed by atoms with E-state index in [0.29, 0.717) is 17.7 Å². The zero-order valence-corrected chi connectivity index (χ0v) is 15.8. The summed E-state index contributed by atoms with van der Waals surface area (Å²) in [6.07, 6.45) is 1.62. The van der Waals surface area contributed by atoms with Gasteiger partial charge >= 0.3 is 0 Å². The number of hydrogen-bond acceptors (Lipinski definition) is 5. The summed E-state index contributed by atoms with van der Waals surface area (Å²) in [4.78, 5) is 26.6. The maximum atomic E-state index is 12.7. The van der Waals surface area contributed by atoms with Crippen LogP contribution in [0.3, 0.4) is 0 Å². The number of likely N-dealkylation sites (N-methyl/N-ethyl adjacent to an activating group) is 1. The van der Waals surface area contributed by atoms with Gasteiger partial charge in [-0.25, -0.2) is 0 Å². The number of nitrogens with zero attached hydrogens (tertiary/aromatic N) is 3. The van der Waals surface area contributed by atoms with E-state index in [0.717, 1.165) is 11.9 Å². The molecule has 0 aliphatic heterocycles. The van der Waals surface area contributed by atoms with Crippen LogP contribution in [0.4, 0.5) is 5.82 Å². The van der Waals surface area contributed by atoms with E-state index in [2.05, 4.69) is 15.7 Å². The molecule has 0 radical (unpaired) electrons. The predicted molar refractivity (Wildman–Crippen MR) is 107 cm³/mol. The Morgan fingerprint density at radius 3 is 2.71 bits per heavy atom. The average Bonchev–Trinajstić information content (AvgIpc) is 3.07. The second-order valence-corrected chi connectivity index (χ2v) is 6.69. The highest BCUT2D eigenvalue weighted by atomic mass is 16.3. The number of phenolic OH excluding ortho intramolecular Hbond substituents is 1. The number of phenols is 1. The summed E-state index contributed by atoms with van der Waals surface area (Å²) in [6, 6.07) is 12.2. The molecule has 3 aromatic rings. The first kappa shape index (κ1) is 19.4. The van der Waals surface area contributed by atoms with Crippen LogP contribution in [0, 0.1) is 0 Å². The first-order valence-electron chi connectivity index (χ1n) is 8.91. The number of aromatic hydroxyl groups is 1. The number of hydrogen-bond donors (Lipinski definition) is 3. The molecule has 8 nitrogen and oxygen atoms in total. The molecule has 146 valence electrons. The molecule has 28 heavy (non-hydrogen) atoms. The predicted octanol–water partition coefficient (Wildman–Crippen LogP) is 1.67. The molecule has 2 aromatic carbocycles. The van der Waals surface area contributed by atoms with Gasteiger partial charge in [0, 0.05) is 25.4 Å². The minimum absolute atomic E-state index is 0.0583. The maximum Gasteiger partial charge on any atom is 0.261 e. The van der Waals surface area contributed by atoms with Crippen LogP contribution in [0.1, 0.15) is 10.4 Å². The zero-order chi connectivity index (χ0) is 20.1. The van der Waals surface area contributed by atoms with Crippen LogP contribution in [0.2, 0.25) is 0 Å². The number of carbonyl (C=O) groups excluding carboxylic acids is 2. The lowest BCUT2D eigenvalue weighted by atomic mass is 10.0. The van der Waals surface area contributed by atoms with Gasteiger partial charge in [0.25, 0.3) is 5.91 Å². The van der Waals surface area contributed by atoms with Gasteiger partial charge in [0.2, 0.25) is 5.91 Å². The third kappa shape index (κ3) is 4.66. The van der Waals surface area contributed by atoms with Gasteiger partial charge in [-0.3, -0.25) is 14.3 Å². The van der Waals surface area contributed by atoms with E-state index >= 15 is 0 Å². The van der Waals surface area contributed by atoms with Crippen molar-refractivity contribution in [3.8, 4) is 5.75 Å². The Balaban J connectivity index is 1.66. The van der Waals surface area contributed by atoms with Gasteiger partial charge in [-0.1, -0.05) is 30.3 Å². The number of rotatable bonds is 7. The summed E-state index contributed by atoms with van der Waals surface area (Å²) in [5, 5.41) is 21.3. The van der Waals surface area contributed by atoms with Crippen molar-refractivity contribution in [3.63, 3.8) is 0 Å². The van der Waals surface area contributed by atoms with Gasteiger partial charge in [-0.05, 0) is 30.9 Å². The van der Waals surface area contributed by atoms with Gasteiger partial charge in [0.15, 0.2) is 5.82 Å². The molecular formula is C20H23N5O3. The smallest absolute Gasteiger partial charge is 0.261 e. The molecule has 0 unspecified atom stereocenters. The number of benzene rings is 2. The van der Waals surface area contributed by atoms with Gasteiger partial charge < -0.3 is 20.6 Å². The van der Waals surface area contributed by atoms with E-state index in [4.69, 9.17) is 0 Å². The molecule has 0 saturated heterocycles. The Kier molecular flexibility index (Phi) is 5.90. The molecule has 0 aliphatic rings. The van der Waals surface area contributed by atoms with Gasteiger partial charge in [-0.2, -0.15) is 5.10 Å². The number of amides is 2. The standard InChI is InChI=1S/C20H23N5O3/c1-24(2)12-10-21-18(27)13-25-11-9-17(23-25)22-20(28)19-15-6-4-3-5-14(15)7-8-16(19)26/h3-9,11,26H,10,12-13H2,1-2H3,(H,21,27)(H,22,23,28). The normalized spacial score (nSPS) is 11.0. The van der Waals surface area contributed by atoms with Crippen molar-refractivity contribution in [1.82, 2.24) is 20.0 Å². The highest BCUT2D eigenvalue weighted by molar-refractivity contribution is 6.14. The fourth-order valence-corrected chi connectivity index (χ4v) is 2.82. The first-order chi connectivity index (χ1) is 13.4. The van der Waals surface area contributed by atoms with Crippen molar-refractivity contribution >= 4 is 28.4 Å². The van der Waals surface area contributed by atoms with E-state index in [9.17, 15) is 14.7 Å². The highest BCUT2D eigenvalue weighted by Crippen LogP contribution is 2.27. The van der Waals surface area contributed by atoms with E-state index in [1.165, 1.54) is 10.7 Å². The van der Waals surface area contributed by atoms with Crippen molar-refractivity contribution in [1.29, 1.82) is 0 Å². The molecule has 0 saturated carbocycles. The summed E-state index contributed by atoms with van der Waals surface area (Å²) in [7, 11) is 3.87. The molecule has 2 amide bonds. The lowest BCUT2D eigenvalue weighted by Gasteiger charge is -2.10. The molecule has 0 bridgehead atoms. The van der Waals surface area contributed by atoms with Crippen LogP contribution in [-0.4, -0.2) is 58.8 Å². The molecule has 3 rings (SSSR count). The first-order valence-corrected chi connectivity index (χ1v) is 8.91. The fraction of sp³-hybridized carbons (Fsp3) is 0.250. The van der Waals surface area contributed by atoms with Crippen LogP contribution < -0.4 is 10.6 Å². The Bertz CT molecular complexity index is 996. The van der Waals surface area contributed by atoms with E-state index < -0.39 is 5.91 Å². The van der Waals surface area contributed by atoms with Crippen LogP contribution in [0.5, 0.6) is 5.75 Å². The van der Waals surface area contributed by atoms with Crippen LogP contribution >= 0.6 is 0 Å². The summed E-state index contributed by atoms with van der Waals surface area (Å²) < 4.78 is 1.45.